The predicted octanol–water partition coefficient (Wildman–Crippen LogP) is 3.49. The van der Waals surface area contributed by atoms with E-state index in [1.807, 2.05) is 25.1 Å². The third-order valence-electron chi connectivity index (χ3n) is 2.44. The van der Waals surface area contributed by atoms with Gasteiger partial charge in [-0.05, 0) is 5.56 Å². The molecule has 1 heterocycles. The number of aryl methyl sites for hydroxylation is 1. The van der Waals surface area contributed by atoms with E-state index >= 15 is 0 Å². The van der Waals surface area contributed by atoms with Crippen molar-refractivity contribution in [2.75, 3.05) is 11.2 Å². The lowest BCUT2D eigenvalue weighted by atomic mass is 10.1. The fourth-order valence-corrected chi connectivity index (χ4v) is 2.46. The summed E-state index contributed by atoms with van der Waals surface area (Å²) in [5, 5.41) is 4.14. The van der Waals surface area contributed by atoms with Crippen LogP contribution in [0.15, 0.2) is 30.3 Å². The largest absolute Gasteiger partial charge is 0.352 e. The van der Waals surface area contributed by atoms with Crippen molar-refractivity contribution >= 4 is 28.3 Å². The Morgan fingerprint density at radius 3 is 2.71 bits per heavy atom. The van der Waals surface area contributed by atoms with E-state index < -0.39 is 0 Å². The molecule has 0 radical (unpaired) electrons. The van der Waals surface area contributed by atoms with Gasteiger partial charge >= 0.3 is 0 Å². The maximum atomic E-state index is 5.99. The summed E-state index contributed by atoms with van der Waals surface area (Å²) < 4.78 is 4.24. The summed E-state index contributed by atoms with van der Waals surface area (Å²) in [6.45, 7) is 2.04. The topological polar surface area (TPSA) is 37.8 Å². The molecule has 0 saturated heterocycles. The van der Waals surface area contributed by atoms with Crippen LogP contribution in [0, 0.1) is 0 Å². The van der Waals surface area contributed by atoms with E-state index in [1.54, 1.807) is 0 Å². The van der Waals surface area contributed by atoms with Gasteiger partial charge in [-0.1, -0.05) is 37.3 Å². The highest BCUT2D eigenvalue weighted by atomic mass is 35.5. The summed E-state index contributed by atoms with van der Waals surface area (Å²) in [7, 11) is 0. The van der Waals surface area contributed by atoms with Crippen LogP contribution in [0.5, 0.6) is 0 Å². The van der Waals surface area contributed by atoms with Crippen LogP contribution in [0.2, 0.25) is 0 Å². The summed E-state index contributed by atoms with van der Waals surface area (Å²) in [6.07, 6.45) is 0.856. The predicted molar refractivity (Wildman–Crippen MR) is 72.8 cm³/mol. The minimum atomic E-state index is 0.0792. The van der Waals surface area contributed by atoms with Gasteiger partial charge in [-0.25, -0.2) is 4.98 Å². The molecule has 0 amide bonds. The summed E-state index contributed by atoms with van der Waals surface area (Å²) in [4.78, 5) is 4.38. The molecule has 2 aromatic rings. The first-order valence-electron chi connectivity index (χ1n) is 5.53. The lowest BCUT2D eigenvalue weighted by Gasteiger charge is -2.14. The molecule has 1 N–H and O–H groups in total. The first-order chi connectivity index (χ1) is 8.33. The molecule has 1 atom stereocenters. The SMILES string of the molecule is CCc1nsc(NC(CCl)c2ccccc2)n1. The molecule has 0 aliphatic carbocycles. The molecular formula is C12H14ClN3S. The molecule has 1 aromatic carbocycles. The highest BCUT2D eigenvalue weighted by Crippen LogP contribution is 2.22. The summed E-state index contributed by atoms with van der Waals surface area (Å²) >= 11 is 7.37. The Balaban J connectivity index is 2.10. The van der Waals surface area contributed by atoms with Crippen molar-refractivity contribution in [3.63, 3.8) is 0 Å². The number of hydrogen-bond donors (Lipinski definition) is 1. The van der Waals surface area contributed by atoms with Crippen molar-refractivity contribution in [3.8, 4) is 0 Å². The van der Waals surface area contributed by atoms with Crippen molar-refractivity contribution in [3.05, 3.63) is 41.7 Å². The minimum absolute atomic E-state index is 0.0792. The maximum Gasteiger partial charge on any atom is 0.203 e. The molecule has 0 aliphatic rings. The van der Waals surface area contributed by atoms with Gasteiger partial charge in [-0.2, -0.15) is 4.37 Å². The Bertz CT molecular complexity index is 458. The van der Waals surface area contributed by atoms with E-state index in [-0.39, 0.29) is 6.04 Å². The first-order valence-corrected chi connectivity index (χ1v) is 6.84. The molecule has 17 heavy (non-hydrogen) atoms. The molecule has 0 aliphatic heterocycles. The van der Waals surface area contributed by atoms with Gasteiger partial charge in [0.25, 0.3) is 0 Å². The van der Waals surface area contributed by atoms with Gasteiger partial charge in [0, 0.05) is 23.8 Å². The quantitative estimate of drug-likeness (QED) is 0.843. The van der Waals surface area contributed by atoms with Gasteiger partial charge in [0.1, 0.15) is 5.82 Å². The Morgan fingerprint density at radius 1 is 1.35 bits per heavy atom. The van der Waals surface area contributed by atoms with Crippen LogP contribution >= 0.6 is 23.1 Å². The Hall–Kier alpha value is -1.13. The number of rotatable bonds is 5. The third-order valence-corrected chi connectivity index (χ3v) is 3.43. The summed E-state index contributed by atoms with van der Waals surface area (Å²) in [6, 6.07) is 10.2. The van der Waals surface area contributed by atoms with E-state index in [1.165, 1.54) is 11.5 Å². The van der Waals surface area contributed by atoms with Crippen LogP contribution in [0.4, 0.5) is 5.13 Å². The first kappa shape index (κ1) is 12.3. The Kier molecular flexibility index (Phi) is 4.34. The average molecular weight is 268 g/mol. The number of anilines is 1. The summed E-state index contributed by atoms with van der Waals surface area (Å²) in [5.41, 5.74) is 1.16. The van der Waals surface area contributed by atoms with Crippen LogP contribution in [0.3, 0.4) is 0 Å². The smallest absolute Gasteiger partial charge is 0.203 e. The highest BCUT2D eigenvalue weighted by molar-refractivity contribution is 7.09. The van der Waals surface area contributed by atoms with Crippen molar-refractivity contribution < 1.29 is 0 Å². The van der Waals surface area contributed by atoms with Crippen molar-refractivity contribution in [1.82, 2.24) is 9.36 Å². The standard InChI is InChI=1S/C12H14ClN3S/c1-2-11-15-12(17-16-11)14-10(8-13)9-6-4-3-5-7-9/h3-7,10H,2,8H2,1H3,(H,14,15,16). The van der Waals surface area contributed by atoms with Crippen LogP contribution in [0.25, 0.3) is 0 Å². The number of benzene rings is 1. The van der Waals surface area contributed by atoms with Gasteiger partial charge < -0.3 is 5.32 Å². The lowest BCUT2D eigenvalue weighted by Crippen LogP contribution is -2.12. The summed E-state index contributed by atoms with van der Waals surface area (Å²) in [5.74, 6) is 1.38. The van der Waals surface area contributed by atoms with Crippen LogP contribution in [0.1, 0.15) is 24.4 Å². The van der Waals surface area contributed by atoms with E-state index in [0.29, 0.717) is 5.88 Å². The van der Waals surface area contributed by atoms with E-state index in [2.05, 4.69) is 26.8 Å². The number of aromatic nitrogens is 2. The Labute approximate surface area is 110 Å². The molecule has 0 saturated carbocycles. The van der Waals surface area contributed by atoms with Gasteiger partial charge in [0.2, 0.25) is 5.13 Å². The monoisotopic (exact) mass is 267 g/mol. The molecular weight excluding hydrogens is 254 g/mol. The number of hydrogen-bond acceptors (Lipinski definition) is 4. The molecule has 5 heteroatoms. The van der Waals surface area contributed by atoms with Crippen LogP contribution < -0.4 is 5.32 Å². The number of halogens is 1. The second-order valence-electron chi connectivity index (χ2n) is 3.63. The van der Waals surface area contributed by atoms with Crippen LogP contribution in [-0.2, 0) is 6.42 Å². The average Bonchev–Trinajstić information content (AvgIpc) is 2.84. The zero-order valence-corrected chi connectivity index (χ0v) is 11.1. The van der Waals surface area contributed by atoms with Gasteiger partial charge in [0.15, 0.2) is 0 Å². The molecule has 90 valence electrons. The minimum Gasteiger partial charge on any atom is -0.352 e. The van der Waals surface area contributed by atoms with Crippen LogP contribution in [-0.4, -0.2) is 15.2 Å². The van der Waals surface area contributed by atoms with Gasteiger partial charge in [0.05, 0.1) is 6.04 Å². The molecule has 2 rings (SSSR count). The zero-order chi connectivity index (χ0) is 12.1. The number of alkyl halides is 1. The molecule has 0 bridgehead atoms. The number of nitrogens with one attached hydrogen (secondary N) is 1. The van der Waals surface area contributed by atoms with E-state index in [4.69, 9.17) is 11.6 Å². The normalized spacial score (nSPS) is 12.4. The molecule has 0 fully saturated rings. The molecule has 3 nitrogen and oxygen atoms in total. The second-order valence-corrected chi connectivity index (χ2v) is 4.69. The maximum absolute atomic E-state index is 5.99. The van der Waals surface area contributed by atoms with Gasteiger partial charge in [-0.3, -0.25) is 0 Å². The van der Waals surface area contributed by atoms with Crippen molar-refractivity contribution in [2.45, 2.75) is 19.4 Å². The molecule has 0 spiro atoms. The third kappa shape index (κ3) is 3.17. The Morgan fingerprint density at radius 2 is 2.12 bits per heavy atom. The molecule has 1 unspecified atom stereocenters. The zero-order valence-electron chi connectivity index (χ0n) is 9.56. The fourth-order valence-electron chi connectivity index (χ4n) is 1.50. The van der Waals surface area contributed by atoms with Crippen molar-refractivity contribution in [2.24, 2.45) is 0 Å². The van der Waals surface area contributed by atoms with Gasteiger partial charge in [-0.15, -0.1) is 11.6 Å². The fraction of sp³-hybridized carbons (Fsp3) is 0.333. The highest BCUT2D eigenvalue weighted by Gasteiger charge is 2.12. The van der Waals surface area contributed by atoms with Crippen molar-refractivity contribution in [1.29, 1.82) is 0 Å². The number of nitrogens with zero attached hydrogens (tertiary/aromatic N) is 2. The van der Waals surface area contributed by atoms with E-state index in [0.717, 1.165) is 22.9 Å². The second kappa shape index (κ2) is 5.98. The lowest BCUT2D eigenvalue weighted by molar-refractivity contribution is 0.884. The van der Waals surface area contributed by atoms with E-state index in [9.17, 15) is 0 Å². The molecule has 1 aromatic heterocycles.